The minimum atomic E-state index is -4.60. The molecule has 1 aromatic rings. The lowest BCUT2D eigenvalue weighted by Crippen LogP contribution is -2.14. The first-order valence-electron chi connectivity index (χ1n) is 3.92. The average molecular weight is 380 g/mol. The number of rotatable bonds is 2. The summed E-state index contributed by atoms with van der Waals surface area (Å²) in [7, 11) is 0. The topological polar surface area (TPSA) is 17.1 Å². The summed E-state index contributed by atoms with van der Waals surface area (Å²) in [5.41, 5.74) is -1.43. The number of benzene rings is 1. The second-order valence-corrected chi connectivity index (χ2v) is 4.69. The van der Waals surface area contributed by atoms with Crippen LogP contribution >= 0.6 is 43.5 Å². The Kier molecular flexibility index (Phi) is 4.42. The number of Topliss-reactive ketones (excluding diaryl/α,β-unsaturated/α-hetero) is 1. The molecule has 88 valence electrons. The molecule has 1 rings (SSSR count). The van der Waals surface area contributed by atoms with Crippen molar-refractivity contribution in [3.05, 3.63) is 32.8 Å². The van der Waals surface area contributed by atoms with E-state index in [1.54, 1.807) is 0 Å². The van der Waals surface area contributed by atoms with Gasteiger partial charge in [-0.15, -0.1) is 0 Å². The molecule has 0 aliphatic rings. The van der Waals surface area contributed by atoms with Gasteiger partial charge in [-0.1, -0.05) is 27.5 Å². The molecule has 0 bridgehead atoms. The van der Waals surface area contributed by atoms with Crippen molar-refractivity contribution < 1.29 is 18.0 Å². The van der Waals surface area contributed by atoms with Gasteiger partial charge in [0, 0.05) is 10.0 Å². The van der Waals surface area contributed by atoms with E-state index in [1.165, 1.54) is 0 Å². The third-order valence-electron chi connectivity index (χ3n) is 1.79. The highest BCUT2D eigenvalue weighted by Gasteiger charge is 2.35. The SMILES string of the molecule is O=C(CBr)c1cc(Br)c(Cl)cc1C(F)(F)F. The van der Waals surface area contributed by atoms with Gasteiger partial charge in [0.2, 0.25) is 0 Å². The highest BCUT2D eigenvalue weighted by atomic mass is 79.9. The van der Waals surface area contributed by atoms with E-state index < -0.39 is 23.1 Å². The van der Waals surface area contributed by atoms with Crippen LogP contribution in [0.25, 0.3) is 0 Å². The van der Waals surface area contributed by atoms with Gasteiger partial charge in [-0.3, -0.25) is 4.79 Å². The molecular formula is C9H4Br2ClF3O. The molecule has 0 fully saturated rings. The van der Waals surface area contributed by atoms with Crippen LogP contribution < -0.4 is 0 Å². The Bertz CT molecular complexity index is 431. The van der Waals surface area contributed by atoms with Gasteiger partial charge < -0.3 is 0 Å². The Morgan fingerprint density at radius 1 is 1.38 bits per heavy atom. The van der Waals surface area contributed by atoms with E-state index in [9.17, 15) is 18.0 Å². The van der Waals surface area contributed by atoms with Crippen molar-refractivity contribution in [3.63, 3.8) is 0 Å². The number of carbonyl (C=O) groups excluding carboxylic acids is 1. The van der Waals surface area contributed by atoms with Gasteiger partial charge in [0.1, 0.15) is 0 Å². The Labute approximate surface area is 111 Å². The highest BCUT2D eigenvalue weighted by molar-refractivity contribution is 9.10. The molecule has 7 heteroatoms. The van der Waals surface area contributed by atoms with Gasteiger partial charge in [0.15, 0.2) is 5.78 Å². The van der Waals surface area contributed by atoms with Crippen molar-refractivity contribution in [3.8, 4) is 0 Å². The predicted molar refractivity (Wildman–Crippen MR) is 62.3 cm³/mol. The number of halogens is 6. The first-order valence-corrected chi connectivity index (χ1v) is 6.22. The summed E-state index contributed by atoms with van der Waals surface area (Å²) < 4.78 is 38.1. The average Bonchev–Trinajstić information content (AvgIpc) is 2.18. The van der Waals surface area contributed by atoms with Crippen LogP contribution in [0.5, 0.6) is 0 Å². The standard InChI is InChI=1S/C9H4Br2ClF3O/c10-3-8(16)4-1-6(11)7(12)2-5(4)9(13,14)15/h1-2H,3H2. The molecule has 0 amide bonds. The number of carbonyl (C=O) groups is 1. The smallest absolute Gasteiger partial charge is 0.293 e. The van der Waals surface area contributed by atoms with Gasteiger partial charge in [-0.05, 0) is 28.1 Å². The lowest BCUT2D eigenvalue weighted by atomic mass is 10.0. The largest absolute Gasteiger partial charge is 0.417 e. The highest BCUT2D eigenvalue weighted by Crippen LogP contribution is 2.37. The maximum atomic E-state index is 12.6. The van der Waals surface area contributed by atoms with Crippen molar-refractivity contribution in [2.45, 2.75) is 6.18 Å². The van der Waals surface area contributed by atoms with Crippen LogP contribution in [-0.4, -0.2) is 11.1 Å². The fourth-order valence-electron chi connectivity index (χ4n) is 1.08. The summed E-state index contributed by atoms with van der Waals surface area (Å²) in [6, 6.07) is 1.82. The van der Waals surface area contributed by atoms with E-state index in [0.29, 0.717) is 0 Å². The Morgan fingerprint density at radius 2 is 1.94 bits per heavy atom. The third kappa shape index (κ3) is 2.99. The van der Waals surface area contributed by atoms with Gasteiger partial charge in [-0.2, -0.15) is 13.2 Å². The summed E-state index contributed by atoms with van der Waals surface area (Å²) in [4.78, 5) is 11.3. The summed E-state index contributed by atoms with van der Waals surface area (Å²) >= 11 is 11.4. The number of hydrogen-bond donors (Lipinski definition) is 0. The molecule has 0 saturated heterocycles. The van der Waals surface area contributed by atoms with Gasteiger partial charge in [0.05, 0.1) is 15.9 Å². The second kappa shape index (κ2) is 5.06. The van der Waals surface area contributed by atoms with Gasteiger partial charge >= 0.3 is 6.18 Å². The molecule has 1 nitrogen and oxygen atoms in total. The minimum absolute atomic E-state index is 0.0848. The molecule has 0 unspecified atom stereocenters. The minimum Gasteiger partial charge on any atom is -0.293 e. The summed E-state index contributed by atoms with van der Waals surface area (Å²) in [5.74, 6) is -0.648. The van der Waals surface area contributed by atoms with Crippen LogP contribution in [0.15, 0.2) is 16.6 Å². The molecule has 0 aliphatic carbocycles. The van der Waals surface area contributed by atoms with E-state index >= 15 is 0 Å². The molecule has 0 saturated carbocycles. The van der Waals surface area contributed by atoms with Crippen molar-refractivity contribution in [1.29, 1.82) is 0 Å². The zero-order chi connectivity index (χ0) is 12.5. The molecule has 0 N–H and O–H groups in total. The van der Waals surface area contributed by atoms with Crippen LogP contribution in [-0.2, 0) is 6.18 Å². The Morgan fingerprint density at radius 3 is 2.38 bits per heavy atom. The van der Waals surface area contributed by atoms with Gasteiger partial charge in [-0.25, -0.2) is 0 Å². The first-order chi connectivity index (χ1) is 7.27. The molecule has 0 aromatic heterocycles. The molecule has 0 atom stereocenters. The van der Waals surface area contributed by atoms with E-state index in [4.69, 9.17) is 11.6 Å². The number of ketones is 1. The van der Waals surface area contributed by atoms with Crippen molar-refractivity contribution >= 4 is 49.2 Å². The van der Waals surface area contributed by atoms with E-state index in [1.807, 2.05) is 0 Å². The zero-order valence-corrected chi connectivity index (χ0v) is 11.5. The molecule has 1 aromatic carbocycles. The molecule has 0 heterocycles. The van der Waals surface area contributed by atoms with Crippen molar-refractivity contribution in [2.24, 2.45) is 0 Å². The lowest BCUT2D eigenvalue weighted by molar-refractivity contribution is -0.137. The molecule has 0 aliphatic heterocycles. The quantitative estimate of drug-likeness (QED) is 0.537. The van der Waals surface area contributed by atoms with Crippen LogP contribution in [0.2, 0.25) is 5.02 Å². The van der Waals surface area contributed by atoms with Crippen LogP contribution in [0.1, 0.15) is 15.9 Å². The fraction of sp³-hybridized carbons (Fsp3) is 0.222. The second-order valence-electron chi connectivity index (χ2n) is 2.87. The molecule has 0 radical (unpaired) electrons. The van der Waals surface area contributed by atoms with Gasteiger partial charge in [0.25, 0.3) is 0 Å². The van der Waals surface area contributed by atoms with E-state index in [0.717, 1.165) is 12.1 Å². The normalized spacial score (nSPS) is 11.6. The number of hydrogen-bond acceptors (Lipinski definition) is 1. The summed E-state index contributed by atoms with van der Waals surface area (Å²) in [5, 5.41) is -0.261. The Balaban J connectivity index is 3.45. The Hall–Kier alpha value is -0.0700. The van der Waals surface area contributed by atoms with Crippen LogP contribution in [0, 0.1) is 0 Å². The van der Waals surface area contributed by atoms with E-state index in [2.05, 4.69) is 31.9 Å². The molecule has 0 spiro atoms. The fourth-order valence-corrected chi connectivity index (χ4v) is 1.89. The van der Waals surface area contributed by atoms with Crippen LogP contribution in [0.3, 0.4) is 0 Å². The molecular weight excluding hydrogens is 376 g/mol. The van der Waals surface area contributed by atoms with Crippen LogP contribution in [0.4, 0.5) is 13.2 Å². The molecule has 16 heavy (non-hydrogen) atoms. The predicted octanol–water partition coefficient (Wildman–Crippen LogP) is 4.70. The zero-order valence-electron chi connectivity index (χ0n) is 7.54. The number of alkyl halides is 4. The lowest BCUT2D eigenvalue weighted by Gasteiger charge is -2.12. The van der Waals surface area contributed by atoms with Crippen molar-refractivity contribution in [1.82, 2.24) is 0 Å². The summed E-state index contributed by atoms with van der Waals surface area (Å²) in [6.07, 6.45) is -4.60. The summed E-state index contributed by atoms with van der Waals surface area (Å²) in [6.45, 7) is 0. The maximum Gasteiger partial charge on any atom is 0.417 e. The first kappa shape index (κ1) is 14.0. The van der Waals surface area contributed by atoms with Crippen molar-refractivity contribution in [2.75, 3.05) is 5.33 Å². The van der Waals surface area contributed by atoms with E-state index in [-0.39, 0.29) is 14.8 Å². The third-order valence-corrected chi connectivity index (χ3v) is 3.49. The monoisotopic (exact) mass is 378 g/mol. The maximum absolute atomic E-state index is 12.6.